The quantitative estimate of drug-likeness (QED) is 0.0199. The highest BCUT2D eigenvalue weighted by atomic mass is 16.8. The molecule has 19 nitrogen and oxygen atoms in total. The molecule has 12 N–H and O–H groups in total. The monoisotopic (exact) mass is 1500 g/mol. The molecule has 0 radical (unpaired) electrons. The van der Waals surface area contributed by atoms with Gasteiger partial charge in [-0.3, -0.25) is 4.79 Å². The lowest BCUT2D eigenvalue weighted by molar-refractivity contribution is -0.379. The number of carbonyl (C=O) groups excluding carboxylic acids is 1. The van der Waals surface area contributed by atoms with Crippen molar-refractivity contribution in [2.75, 3.05) is 26.4 Å². The highest BCUT2D eigenvalue weighted by Gasteiger charge is 2.54. The average molecular weight is 1510 g/mol. The van der Waals surface area contributed by atoms with E-state index in [0.29, 0.717) is 12.8 Å². The van der Waals surface area contributed by atoms with Crippen molar-refractivity contribution >= 4 is 5.91 Å². The van der Waals surface area contributed by atoms with Gasteiger partial charge in [-0.25, -0.2) is 0 Å². The first-order valence-electron chi connectivity index (χ1n) is 43.2. The van der Waals surface area contributed by atoms with Gasteiger partial charge in [-0.05, 0) is 70.6 Å². The van der Waals surface area contributed by atoms with E-state index in [2.05, 4.69) is 79.9 Å². The third kappa shape index (κ3) is 45.7. The first-order chi connectivity index (χ1) is 51.8. The maximum atomic E-state index is 13.5. The van der Waals surface area contributed by atoms with Gasteiger partial charge in [0, 0.05) is 6.42 Å². The molecule has 0 bridgehead atoms. The van der Waals surface area contributed by atoms with Crippen LogP contribution in [0.1, 0.15) is 341 Å². The summed E-state index contributed by atoms with van der Waals surface area (Å²) in [6, 6.07) is -0.992. The van der Waals surface area contributed by atoms with E-state index in [1.807, 2.05) is 6.08 Å². The molecule has 0 aliphatic carbocycles. The normalized spacial score (nSPS) is 26.0. The lowest BCUT2D eigenvalue weighted by atomic mass is 9.96. The molecule has 17 atom stereocenters. The molecule has 3 aliphatic rings. The van der Waals surface area contributed by atoms with Crippen molar-refractivity contribution in [3.8, 4) is 0 Å². The first kappa shape index (κ1) is 97.4. The largest absolute Gasteiger partial charge is 0.394 e. The third-order valence-corrected chi connectivity index (χ3v) is 21.2. The summed E-state index contributed by atoms with van der Waals surface area (Å²) in [5, 5.41) is 121. The van der Waals surface area contributed by atoms with Gasteiger partial charge in [0.05, 0.1) is 38.6 Å². The number of hydrogen-bond donors (Lipinski definition) is 12. The number of aliphatic hydroxyl groups is 11. The summed E-state index contributed by atoms with van der Waals surface area (Å²) < 4.78 is 34.5. The zero-order valence-corrected chi connectivity index (χ0v) is 66.4. The molecule has 3 rings (SSSR count). The van der Waals surface area contributed by atoms with E-state index in [0.717, 1.165) is 64.2 Å². The standard InChI is InChI=1S/C87H157NO18/c1-3-5-7-9-11-13-15-17-19-21-23-25-27-28-29-30-31-32-33-34-35-36-37-38-39-40-41-42-43-45-47-49-51-53-55-57-59-61-63-65-75(93)88-70(71(92)64-62-60-58-56-54-52-50-48-46-44-26-24-22-20-18-16-14-12-10-8-6-4-2)69-101-85-81(99)78(96)83(73(67-90)103-85)106-87-82(100)79(97)84(74(68-91)104-87)105-86-80(98)77(95)76(94)72(66-89)102-86/h5,7,11,13,17,19,23,25,54,56,62,64,70-74,76-87,89-92,94-100H,3-4,6,8-10,12,14-16,18,20-22,24,26-53,55,57-61,63,65-69H2,1-2H3,(H,88,93)/b7-5-,13-11-,19-17-,25-23-,56-54+,64-62+. The van der Waals surface area contributed by atoms with Crippen LogP contribution in [0.15, 0.2) is 72.9 Å². The minimum absolute atomic E-state index is 0.238. The second-order valence-electron chi connectivity index (χ2n) is 30.6. The Morgan fingerprint density at radius 1 is 0.349 bits per heavy atom. The van der Waals surface area contributed by atoms with Crippen molar-refractivity contribution in [2.24, 2.45) is 0 Å². The van der Waals surface area contributed by atoms with Gasteiger partial charge in [0.25, 0.3) is 0 Å². The zero-order chi connectivity index (χ0) is 76.7. The van der Waals surface area contributed by atoms with Crippen LogP contribution in [0.2, 0.25) is 0 Å². The van der Waals surface area contributed by atoms with Crippen molar-refractivity contribution in [3.63, 3.8) is 0 Å². The second-order valence-corrected chi connectivity index (χ2v) is 30.6. The van der Waals surface area contributed by atoms with Crippen LogP contribution in [-0.4, -0.2) is 193 Å². The molecule has 1 amide bonds. The van der Waals surface area contributed by atoms with Crippen LogP contribution < -0.4 is 5.32 Å². The lowest BCUT2D eigenvalue weighted by Crippen LogP contribution is -2.66. The van der Waals surface area contributed by atoms with Gasteiger partial charge in [-0.1, -0.05) is 337 Å². The molecule has 17 unspecified atom stereocenters. The van der Waals surface area contributed by atoms with Crippen LogP contribution in [0.4, 0.5) is 0 Å². The summed E-state index contributed by atoms with van der Waals surface area (Å²) in [4.78, 5) is 13.5. The Morgan fingerprint density at radius 2 is 0.660 bits per heavy atom. The van der Waals surface area contributed by atoms with Crippen LogP contribution >= 0.6 is 0 Å². The predicted molar refractivity (Wildman–Crippen MR) is 425 cm³/mol. The third-order valence-electron chi connectivity index (χ3n) is 21.2. The van der Waals surface area contributed by atoms with E-state index in [9.17, 15) is 61.0 Å². The van der Waals surface area contributed by atoms with Crippen molar-refractivity contribution < 1.29 is 89.4 Å². The van der Waals surface area contributed by atoms with E-state index in [-0.39, 0.29) is 18.9 Å². The molecular weight excluding hydrogens is 1350 g/mol. The Balaban J connectivity index is 1.31. The number of rotatable bonds is 69. The van der Waals surface area contributed by atoms with Gasteiger partial charge < -0.3 is 89.9 Å². The first-order valence-corrected chi connectivity index (χ1v) is 43.2. The fourth-order valence-corrected chi connectivity index (χ4v) is 14.4. The summed E-state index contributed by atoms with van der Waals surface area (Å²) >= 11 is 0. The SMILES string of the molecule is CC/C=C\C/C=C\C/C=C\C/C=C\CCCCCCCCCCCCCCCCCCCCCCCCCCCCC(=O)NC(COC1OC(CO)C(OC2OC(CO)C(OC3OC(CO)C(O)C(O)C3O)C(O)C2O)C(O)C1O)C(O)/C=C/CC/C=C/CCCCCCCCCCCCCCCCCC. The van der Waals surface area contributed by atoms with Gasteiger partial charge in [-0.2, -0.15) is 0 Å². The molecule has 3 fully saturated rings. The number of amides is 1. The highest BCUT2D eigenvalue weighted by Crippen LogP contribution is 2.33. The molecule has 0 spiro atoms. The van der Waals surface area contributed by atoms with E-state index in [1.165, 1.54) is 244 Å². The Hall–Kier alpha value is -2.77. The summed E-state index contributed by atoms with van der Waals surface area (Å²) in [5.74, 6) is -0.280. The Bertz CT molecular complexity index is 2190. The van der Waals surface area contributed by atoms with Crippen molar-refractivity contribution in [1.82, 2.24) is 5.32 Å². The number of ether oxygens (including phenoxy) is 6. The molecule has 3 saturated heterocycles. The number of allylic oxidation sites excluding steroid dienone is 11. The minimum Gasteiger partial charge on any atom is -0.394 e. The van der Waals surface area contributed by atoms with Crippen LogP contribution in [0.25, 0.3) is 0 Å². The van der Waals surface area contributed by atoms with E-state index >= 15 is 0 Å². The number of carbonyl (C=O) groups is 1. The van der Waals surface area contributed by atoms with Crippen LogP contribution in [0.5, 0.6) is 0 Å². The molecule has 19 heteroatoms. The van der Waals surface area contributed by atoms with Crippen molar-refractivity contribution in [3.05, 3.63) is 72.9 Å². The Labute approximate surface area is 642 Å². The number of hydrogen-bond acceptors (Lipinski definition) is 18. The summed E-state index contributed by atoms with van der Waals surface area (Å²) in [6.45, 7) is 1.65. The topological polar surface area (TPSA) is 307 Å². The van der Waals surface area contributed by atoms with E-state index in [4.69, 9.17) is 28.4 Å². The highest BCUT2D eigenvalue weighted by molar-refractivity contribution is 5.76. The number of nitrogens with one attached hydrogen (secondary N) is 1. The van der Waals surface area contributed by atoms with E-state index < -0.39 is 124 Å². The molecule has 0 saturated carbocycles. The average Bonchev–Trinajstić information content (AvgIpc) is 0.780. The molecule has 3 heterocycles. The van der Waals surface area contributed by atoms with Gasteiger partial charge in [0.15, 0.2) is 18.9 Å². The molecule has 0 aromatic carbocycles. The van der Waals surface area contributed by atoms with Crippen LogP contribution in [0, 0.1) is 0 Å². The summed E-state index contributed by atoms with van der Waals surface area (Å²) in [7, 11) is 0. The van der Waals surface area contributed by atoms with Crippen LogP contribution in [-0.2, 0) is 33.2 Å². The van der Waals surface area contributed by atoms with Gasteiger partial charge in [-0.15, -0.1) is 0 Å². The molecule has 618 valence electrons. The van der Waals surface area contributed by atoms with Crippen LogP contribution in [0.3, 0.4) is 0 Å². The molecular formula is C87H157NO18. The molecule has 0 aromatic rings. The van der Waals surface area contributed by atoms with Crippen molar-refractivity contribution in [1.29, 1.82) is 0 Å². The minimum atomic E-state index is -1.98. The molecule has 0 aromatic heterocycles. The predicted octanol–water partition coefficient (Wildman–Crippen LogP) is 15.6. The fraction of sp³-hybridized carbons (Fsp3) is 0.851. The second kappa shape index (κ2) is 66.8. The fourth-order valence-electron chi connectivity index (χ4n) is 14.4. The van der Waals surface area contributed by atoms with Gasteiger partial charge in [0.2, 0.25) is 5.91 Å². The molecule has 3 aliphatic heterocycles. The van der Waals surface area contributed by atoms with Crippen molar-refractivity contribution in [2.45, 2.75) is 446 Å². The Morgan fingerprint density at radius 3 is 1.06 bits per heavy atom. The summed E-state index contributed by atoms with van der Waals surface area (Å²) in [6.07, 6.45) is 62.0. The maximum Gasteiger partial charge on any atom is 0.220 e. The number of aliphatic hydroxyl groups excluding tert-OH is 11. The van der Waals surface area contributed by atoms with E-state index in [1.54, 1.807) is 6.08 Å². The summed E-state index contributed by atoms with van der Waals surface area (Å²) in [5.41, 5.74) is 0. The molecule has 106 heavy (non-hydrogen) atoms. The lowest BCUT2D eigenvalue weighted by Gasteiger charge is -2.48. The Kier molecular flexibility index (Phi) is 61.4. The number of unbranched alkanes of at least 4 members (excludes halogenated alkanes) is 43. The van der Waals surface area contributed by atoms with Gasteiger partial charge >= 0.3 is 0 Å². The maximum absolute atomic E-state index is 13.5. The zero-order valence-electron chi connectivity index (χ0n) is 66.4. The van der Waals surface area contributed by atoms with Gasteiger partial charge in [0.1, 0.15) is 73.2 Å². The smallest absolute Gasteiger partial charge is 0.220 e.